The van der Waals surface area contributed by atoms with Crippen LogP contribution in [0.25, 0.3) is 10.9 Å². The zero-order chi connectivity index (χ0) is 13.4. The molecule has 0 bridgehead atoms. The standard InChI is InChI=1S/C14H16FN3O/c1-9-11-7-12(15)14(18-3-5-19-6-4-18)8-13(11)17-10(2)16-9/h7-8H,3-6H2,1-2H3. The fourth-order valence-electron chi connectivity index (χ4n) is 2.48. The fraction of sp³-hybridized carbons (Fsp3) is 0.429. The number of anilines is 1. The summed E-state index contributed by atoms with van der Waals surface area (Å²) in [5.74, 6) is 0.495. The quantitative estimate of drug-likeness (QED) is 0.789. The van der Waals surface area contributed by atoms with Crippen LogP contribution >= 0.6 is 0 Å². The highest BCUT2D eigenvalue weighted by molar-refractivity contribution is 5.84. The number of hydrogen-bond donors (Lipinski definition) is 0. The molecule has 0 N–H and O–H groups in total. The number of morpholine rings is 1. The number of rotatable bonds is 1. The summed E-state index contributed by atoms with van der Waals surface area (Å²) in [4.78, 5) is 10.7. The Kier molecular flexibility index (Phi) is 3.06. The molecule has 1 saturated heterocycles. The first-order chi connectivity index (χ1) is 9.15. The normalized spacial score (nSPS) is 16.1. The van der Waals surface area contributed by atoms with Gasteiger partial charge in [-0.3, -0.25) is 0 Å². The summed E-state index contributed by atoms with van der Waals surface area (Å²) in [7, 11) is 0. The molecule has 3 rings (SSSR count). The van der Waals surface area contributed by atoms with E-state index >= 15 is 0 Å². The van der Waals surface area contributed by atoms with Crippen molar-refractivity contribution >= 4 is 16.6 Å². The average Bonchev–Trinajstić information content (AvgIpc) is 2.40. The molecule has 100 valence electrons. The van der Waals surface area contributed by atoms with Crippen molar-refractivity contribution in [2.24, 2.45) is 0 Å². The van der Waals surface area contributed by atoms with Gasteiger partial charge in [0, 0.05) is 24.2 Å². The molecule has 2 aromatic rings. The zero-order valence-electron chi connectivity index (χ0n) is 11.1. The maximum absolute atomic E-state index is 14.2. The first-order valence-electron chi connectivity index (χ1n) is 6.42. The topological polar surface area (TPSA) is 38.2 Å². The Morgan fingerprint density at radius 3 is 2.63 bits per heavy atom. The second kappa shape index (κ2) is 4.74. The minimum Gasteiger partial charge on any atom is -0.378 e. The van der Waals surface area contributed by atoms with Crippen molar-refractivity contribution in [1.29, 1.82) is 0 Å². The second-order valence-electron chi connectivity index (χ2n) is 4.78. The van der Waals surface area contributed by atoms with E-state index in [-0.39, 0.29) is 5.82 Å². The van der Waals surface area contributed by atoms with E-state index in [0.717, 1.165) is 16.6 Å². The molecular weight excluding hydrogens is 245 g/mol. The molecule has 1 aliphatic heterocycles. The van der Waals surface area contributed by atoms with Crippen LogP contribution < -0.4 is 4.90 Å². The van der Waals surface area contributed by atoms with Crippen molar-refractivity contribution in [1.82, 2.24) is 9.97 Å². The van der Waals surface area contributed by atoms with Crippen LogP contribution in [-0.4, -0.2) is 36.3 Å². The van der Waals surface area contributed by atoms with E-state index in [1.54, 1.807) is 0 Å². The largest absolute Gasteiger partial charge is 0.378 e. The van der Waals surface area contributed by atoms with Crippen LogP contribution in [0.4, 0.5) is 10.1 Å². The van der Waals surface area contributed by atoms with Crippen molar-refractivity contribution in [3.8, 4) is 0 Å². The van der Waals surface area contributed by atoms with E-state index in [1.165, 1.54) is 6.07 Å². The van der Waals surface area contributed by atoms with Crippen molar-refractivity contribution in [3.63, 3.8) is 0 Å². The zero-order valence-corrected chi connectivity index (χ0v) is 11.1. The predicted octanol–water partition coefficient (Wildman–Crippen LogP) is 2.22. The number of benzene rings is 1. The summed E-state index contributed by atoms with van der Waals surface area (Å²) in [5.41, 5.74) is 2.22. The van der Waals surface area contributed by atoms with E-state index in [0.29, 0.717) is 37.8 Å². The van der Waals surface area contributed by atoms with Gasteiger partial charge in [0.25, 0.3) is 0 Å². The molecule has 1 aromatic carbocycles. The number of aryl methyl sites for hydroxylation is 2. The molecule has 5 heteroatoms. The Morgan fingerprint density at radius 2 is 1.89 bits per heavy atom. The molecule has 1 aromatic heterocycles. The van der Waals surface area contributed by atoms with Crippen molar-refractivity contribution < 1.29 is 9.13 Å². The highest BCUT2D eigenvalue weighted by Gasteiger charge is 2.17. The second-order valence-corrected chi connectivity index (χ2v) is 4.78. The lowest BCUT2D eigenvalue weighted by molar-refractivity contribution is 0.122. The van der Waals surface area contributed by atoms with Crippen LogP contribution in [0, 0.1) is 19.7 Å². The third-order valence-electron chi connectivity index (χ3n) is 3.42. The van der Waals surface area contributed by atoms with Gasteiger partial charge in [0.2, 0.25) is 0 Å². The Bertz CT molecular complexity index is 624. The van der Waals surface area contributed by atoms with Gasteiger partial charge < -0.3 is 9.64 Å². The third kappa shape index (κ3) is 2.26. The van der Waals surface area contributed by atoms with Crippen LogP contribution in [0.1, 0.15) is 11.5 Å². The van der Waals surface area contributed by atoms with Crippen LogP contribution in [-0.2, 0) is 4.74 Å². The summed E-state index contributed by atoms with van der Waals surface area (Å²) < 4.78 is 19.5. The smallest absolute Gasteiger partial charge is 0.147 e. The third-order valence-corrected chi connectivity index (χ3v) is 3.42. The van der Waals surface area contributed by atoms with Gasteiger partial charge in [-0.2, -0.15) is 0 Å². The number of nitrogens with zero attached hydrogens (tertiary/aromatic N) is 3. The van der Waals surface area contributed by atoms with Crippen LogP contribution in [0.2, 0.25) is 0 Å². The number of fused-ring (bicyclic) bond motifs is 1. The van der Waals surface area contributed by atoms with Gasteiger partial charge in [0.05, 0.1) is 24.4 Å². The number of hydrogen-bond acceptors (Lipinski definition) is 4. The molecule has 0 amide bonds. The first kappa shape index (κ1) is 12.3. The Labute approximate surface area is 111 Å². The Morgan fingerprint density at radius 1 is 1.16 bits per heavy atom. The molecule has 0 unspecified atom stereocenters. The lowest BCUT2D eigenvalue weighted by Crippen LogP contribution is -2.36. The molecule has 1 fully saturated rings. The van der Waals surface area contributed by atoms with Gasteiger partial charge in [-0.15, -0.1) is 0 Å². The van der Waals surface area contributed by atoms with Crippen molar-refractivity contribution in [2.45, 2.75) is 13.8 Å². The van der Waals surface area contributed by atoms with E-state index in [4.69, 9.17) is 4.74 Å². The maximum atomic E-state index is 14.2. The van der Waals surface area contributed by atoms with Gasteiger partial charge in [0.1, 0.15) is 11.6 Å². The van der Waals surface area contributed by atoms with Crippen LogP contribution in [0.5, 0.6) is 0 Å². The number of aromatic nitrogens is 2. The monoisotopic (exact) mass is 261 g/mol. The maximum Gasteiger partial charge on any atom is 0.147 e. The summed E-state index contributed by atoms with van der Waals surface area (Å²) in [6.07, 6.45) is 0. The molecular formula is C14H16FN3O. The average molecular weight is 261 g/mol. The van der Waals surface area contributed by atoms with Gasteiger partial charge in [0.15, 0.2) is 0 Å². The number of ether oxygens (including phenoxy) is 1. The molecule has 19 heavy (non-hydrogen) atoms. The summed E-state index contributed by atoms with van der Waals surface area (Å²) in [6, 6.07) is 3.35. The molecule has 0 radical (unpaired) electrons. The Hall–Kier alpha value is -1.75. The van der Waals surface area contributed by atoms with E-state index in [9.17, 15) is 4.39 Å². The molecule has 0 spiro atoms. The first-order valence-corrected chi connectivity index (χ1v) is 6.42. The van der Waals surface area contributed by atoms with Crippen LogP contribution in [0.15, 0.2) is 12.1 Å². The van der Waals surface area contributed by atoms with Gasteiger partial charge in [-0.05, 0) is 26.0 Å². The van der Waals surface area contributed by atoms with Gasteiger partial charge in [-0.25, -0.2) is 14.4 Å². The highest BCUT2D eigenvalue weighted by Crippen LogP contribution is 2.27. The SMILES string of the molecule is Cc1nc(C)c2cc(F)c(N3CCOCC3)cc2n1. The predicted molar refractivity (Wildman–Crippen MR) is 72.0 cm³/mol. The minimum atomic E-state index is -0.218. The van der Waals surface area contributed by atoms with Crippen molar-refractivity contribution in [3.05, 3.63) is 29.5 Å². The van der Waals surface area contributed by atoms with E-state index in [2.05, 4.69) is 9.97 Å². The molecule has 0 atom stereocenters. The lowest BCUT2D eigenvalue weighted by Gasteiger charge is -2.29. The molecule has 2 heterocycles. The minimum absolute atomic E-state index is 0.218. The lowest BCUT2D eigenvalue weighted by atomic mass is 10.1. The van der Waals surface area contributed by atoms with Gasteiger partial charge >= 0.3 is 0 Å². The number of halogens is 1. The van der Waals surface area contributed by atoms with Crippen LogP contribution in [0.3, 0.4) is 0 Å². The summed E-state index contributed by atoms with van der Waals surface area (Å²) in [6.45, 7) is 6.44. The fourth-order valence-corrected chi connectivity index (χ4v) is 2.48. The van der Waals surface area contributed by atoms with E-state index in [1.807, 2.05) is 24.8 Å². The van der Waals surface area contributed by atoms with E-state index < -0.39 is 0 Å². The molecule has 0 aliphatic carbocycles. The van der Waals surface area contributed by atoms with Crippen molar-refractivity contribution in [2.75, 3.05) is 31.2 Å². The highest BCUT2D eigenvalue weighted by atomic mass is 19.1. The molecule has 0 saturated carbocycles. The molecule has 4 nitrogen and oxygen atoms in total. The summed E-state index contributed by atoms with van der Waals surface area (Å²) >= 11 is 0. The molecule has 1 aliphatic rings. The summed E-state index contributed by atoms with van der Waals surface area (Å²) in [5, 5.41) is 0.778. The Balaban J connectivity index is 2.12. The van der Waals surface area contributed by atoms with Gasteiger partial charge in [-0.1, -0.05) is 0 Å².